The number of nitrogens with zero attached hydrogens (tertiary/aromatic N) is 1. The number of nitrogens with two attached hydrogens (primary N) is 1. The monoisotopic (exact) mass is 266 g/mol. The van der Waals surface area contributed by atoms with E-state index in [1.54, 1.807) is 7.05 Å². The van der Waals surface area contributed by atoms with Crippen LogP contribution in [0.15, 0.2) is 9.59 Å². The molecule has 0 amide bonds. The van der Waals surface area contributed by atoms with E-state index >= 15 is 0 Å². The van der Waals surface area contributed by atoms with Crippen molar-refractivity contribution in [3.63, 3.8) is 0 Å². The molecule has 106 valence electrons. The van der Waals surface area contributed by atoms with Gasteiger partial charge in [0.1, 0.15) is 11.5 Å². The first-order valence-electron chi connectivity index (χ1n) is 6.75. The summed E-state index contributed by atoms with van der Waals surface area (Å²) in [5, 5.41) is 3.23. The molecule has 19 heavy (non-hydrogen) atoms. The molecule has 0 aliphatic heterocycles. The highest BCUT2D eigenvalue weighted by Crippen LogP contribution is 2.30. The van der Waals surface area contributed by atoms with Crippen molar-refractivity contribution in [1.29, 1.82) is 0 Å². The molecular weight excluding hydrogens is 244 g/mol. The molecule has 0 radical (unpaired) electrons. The lowest BCUT2D eigenvalue weighted by molar-refractivity contribution is 0.276. The molecule has 1 saturated carbocycles. The van der Waals surface area contributed by atoms with Crippen LogP contribution in [0.2, 0.25) is 0 Å². The Morgan fingerprint density at radius 2 is 2.00 bits per heavy atom. The van der Waals surface area contributed by atoms with Gasteiger partial charge < -0.3 is 11.1 Å². The van der Waals surface area contributed by atoms with Crippen LogP contribution in [0, 0.1) is 11.8 Å². The van der Waals surface area contributed by atoms with Gasteiger partial charge in [-0.25, -0.2) is 4.79 Å². The largest absolute Gasteiger partial charge is 0.383 e. The van der Waals surface area contributed by atoms with Crippen LogP contribution in [0.1, 0.15) is 33.1 Å². The molecule has 0 spiro atoms. The van der Waals surface area contributed by atoms with E-state index in [-0.39, 0.29) is 11.9 Å². The molecule has 0 aromatic carbocycles. The van der Waals surface area contributed by atoms with Crippen LogP contribution in [0.3, 0.4) is 0 Å². The van der Waals surface area contributed by atoms with Crippen LogP contribution in [-0.4, -0.2) is 15.6 Å². The van der Waals surface area contributed by atoms with Gasteiger partial charge in [0, 0.05) is 13.1 Å². The first-order chi connectivity index (χ1) is 8.90. The van der Waals surface area contributed by atoms with Crippen LogP contribution in [0.4, 0.5) is 11.5 Å². The minimum absolute atomic E-state index is 0.194. The highest BCUT2D eigenvalue weighted by atomic mass is 16.2. The number of rotatable bonds is 2. The fourth-order valence-corrected chi connectivity index (χ4v) is 2.84. The minimum Gasteiger partial charge on any atom is -0.383 e. The van der Waals surface area contributed by atoms with Crippen molar-refractivity contribution in [3.8, 4) is 0 Å². The van der Waals surface area contributed by atoms with E-state index in [2.05, 4.69) is 24.1 Å². The van der Waals surface area contributed by atoms with Crippen molar-refractivity contribution in [2.45, 2.75) is 39.2 Å². The molecule has 3 unspecified atom stereocenters. The Balaban J connectivity index is 2.27. The molecule has 1 fully saturated rings. The maximum absolute atomic E-state index is 11.8. The average molecular weight is 266 g/mol. The second kappa shape index (κ2) is 5.11. The predicted octanol–water partition coefficient (Wildman–Crippen LogP) is 0.892. The zero-order chi connectivity index (χ0) is 14.2. The number of anilines is 2. The van der Waals surface area contributed by atoms with Crippen molar-refractivity contribution in [3.05, 3.63) is 20.8 Å². The van der Waals surface area contributed by atoms with E-state index in [9.17, 15) is 9.59 Å². The Morgan fingerprint density at radius 1 is 1.32 bits per heavy atom. The molecule has 4 N–H and O–H groups in total. The zero-order valence-corrected chi connectivity index (χ0v) is 11.7. The maximum atomic E-state index is 11.8. The Morgan fingerprint density at radius 3 is 2.63 bits per heavy atom. The lowest BCUT2D eigenvalue weighted by Gasteiger charge is -2.33. The van der Waals surface area contributed by atoms with Crippen LogP contribution >= 0.6 is 0 Å². The van der Waals surface area contributed by atoms with E-state index in [1.807, 2.05) is 0 Å². The van der Waals surface area contributed by atoms with Gasteiger partial charge in [-0.1, -0.05) is 13.8 Å². The number of aromatic nitrogens is 2. The fourth-order valence-electron chi connectivity index (χ4n) is 2.84. The summed E-state index contributed by atoms with van der Waals surface area (Å²) < 4.78 is 1.25. The third-order valence-electron chi connectivity index (χ3n) is 4.13. The van der Waals surface area contributed by atoms with Gasteiger partial charge >= 0.3 is 5.69 Å². The summed E-state index contributed by atoms with van der Waals surface area (Å²) in [5.41, 5.74) is 5.24. The third-order valence-corrected chi connectivity index (χ3v) is 4.13. The van der Waals surface area contributed by atoms with Crippen molar-refractivity contribution in [1.82, 2.24) is 9.55 Å². The van der Waals surface area contributed by atoms with Gasteiger partial charge in [-0.15, -0.1) is 0 Å². The average Bonchev–Trinajstić information content (AvgIpc) is 2.34. The molecule has 1 aliphatic carbocycles. The molecular formula is C13H22N4O2. The zero-order valence-electron chi connectivity index (χ0n) is 11.7. The first-order valence-corrected chi connectivity index (χ1v) is 6.75. The normalized spacial score (nSPS) is 27.2. The molecule has 6 heteroatoms. The summed E-state index contributed by atoms with van der Waals surface area (Å²) in [5.74, 6) is 1.41. The van der Waals surface area contributed by atoms with Gasteiger partial charge in [-0.3, -0.25) is 14.3 Å². The quantitative estimate of drug-likeness (QED) is 0.741. The minimum atomic E-state index is -0.488. The summed E-state index contributed by atoms with van der Waals surface area (Å²) in [6.45, 7) is 4.43. The summed E-state index contributed by atoms with van der Waals surface area (Å²) in [4.78, 5) is 25.5. The van der Waals surface area contributed by atoms with Crippen LogP contribution in [-0.2, 0) is 7.05 Å². The van der Waals surface area contributed by atoms with E-state index < -0.39 is 11.2 Å². The summed E-state index contributed by atoms with van der Waals surface area (Å²) in [7, 11) is 1.55. The number of nitrogen functional groups attached to an aromatic ring is 1. The second-order valence-electron chi connectivity index (χ2n) is 5.72. The Hall–Kier alpha value is -1.72. The highest BCUT2D eigenvalue weighted by molar-refractivity contribution is 5.60. The van der Waals surface area contributed by atoms with Gasteiger partial charge in [0.05, 0.1) is 0 Å². The lowest BCUT2D eigenvalue weighted by Crippen LogP contribution is -2.38. The van der Waals surface area contributed by atoms with Crippen molar-refractivity contribution >= 4 is 11.5 Å². The smallest absolute Gasteiger partial charge is 0.329 e. The third kappa shape index (κ3) is 2.67. The van der Waals surface area contributed by atoms with Gasteiger partial charge in [-0.05, 0) is 31.1 Å². The molecule has 0 bridgehead atoms. The fraction of sp³-hybridized carbons (Fsp3) is 0.692. The van der Waals surface area contributed by atoms with E-state index in [1.165, 1.54) is 4.57 Å². The molecule has 0 saturated heterocycles. The molecule has 1 heterocycles. The topological polar surface area (TPSA) is 92.9 Å². The molecule has 1 aromatic rings. The van der Waals surface area contributed by atoms with Crippen molar-refractivity contribution in [2.24, 2.45) is 18.9 Å². The summed E-state index contributed by atoms with van der Waals surface area (Å²) >= 11 is 0. The number of hydrogen-bond acceptors (Lipinski definition) is 4. The number of aromatic amines is 1. The number of H-pyrrole nitrogens is 1. The van der Waals surface area contributed by atoms with Crippen LogP contribution < -0.4 is 22.3 Å². The summed E-state index contributed by atoms with van der Waals surface area (Å²) in [6.07, 6.45) is 3.30. The second-order valence-corrected chi connectivity index (χ2v) is 5.72. The van der Waals surface area contributed by atoms with Crippen molar-refractivity contribution < 1.29 is 0 Å². The number of hydrogen-bond donors (Lipinski definition) is 3. The van der Waals surface area contributed by atoms with Crippen LogP contribution in [0.5, 0.6) is 0 Å². The first kappa shape index (κ1) is 13.7. The molecule has 6 nitrogen and oxygen atoms in total. The predicted molar refractivity (Wildman–Crippen MR) is 76.3 cm³/mol. The van der Waals surface area contributed by atoms with Gasteiger partial charge in [0.2, 0.25) is 0 Å². The molecule has 2 rings (SSSR count). The SMILES string of the molecule is CC1CCC(Nc2c(N)n(C)c(=O)[nH]c2=O)C(C)C1. The standard InChI is InChI=1S/C13H22N4O2/c1-7-4-5-9(8(2)6-7)15-10-11(14)17(3)13(19)16-12(10)18/h7-9,15H,4-6,14H2,1-3H3,(H,16,18,19). The van der Waals surface area contributed by atoms with Gasteiger partial charge in [0.25, 0.3) is 5.56 Å². The van der Waals surface area contributed by atoms with E-state index in [0.717, 1.165) is 25.2 Å². The molecule has 1 aliphatic rings. The Bertz CT molecular complexity index is 575. The lowest BCUT2D eigenvalue weighted by atomic mass is 9.80. The van der Waals surface area contributed by atoms with Crippen molar-refractivity contribution in [2.75, 3.05) is 11.1 Å². The summed E-state index contributed by atoms with van der Waals surface area (Å²) in [6, 6.07) is 0.233. The Labute approximate surface area is 112 Å². The molecule has 1 aromatic heterocycles. The van der Waals surface area contributed by atoms with Crippen LogP contribution in [0.25, 0.3) is 0 Å². The van der Waals surface area contributed by atoms with Gasteiger partial charge in [0.15, 0.2) is 0 Å². The Kier molecular flexibility index (Phi) is 3.68. The maximum Gasteiger partial charge on any atom is 0.329 e. The molecule has 3 atom stereocenters. The highest BCUT2D eigenvalue weighted by Gasteiger charge is 2.26. The van der Waals surface area contributed by atoms with E-state index in [0.29, 0.717) is 11.6 Å². The van der Waals surface area contributed by atoms with E-state index in [4.69, 9.17) is 5.73 Å². The van der Waals surface area contributed by atoms with Gasteiger partial charge in [-0.2, -0.15) is 0 Å². The number of nitrogens with one attached hydrogen (secondary N) is 2.